The summed E-state index contributed by atoms with van der Waals surface area (Å²) in [5.41, 5.74) is -0.505. The number of benzene rings is 1. The third-order valence-electron chi connectivity index (χ3n) is 2.01. The van der Waals surface area contributed by atoms with E-state index in [0.717, 1.165) is 12.1 Å². The van der Waals surface area contributed by atoms with E-state index in [9.17, 15) is 13.2 Å². The largest absolute Gasteiger partial charge is 0.492 e. The minimum absolute atomic E-state index is 0.239. The van der Waals surface area contributed by atoms with Crippen LogP contribution in [0.4, 0.5) is 13.2 Å². The predicted molar refractivity (Wildman–Crippen MR) is 50.2 cm³/mol. The van der Waals surface area contributed by atoms with E-state index >= 15 is 0 Å². The van der Waals surface area contributed by atoms with Crippen LogP contribution < -0.4 is 0 Å². The van der Waals surface area contributed by atoms with Gasteiger partial charge in [-0.05, 0) is 18.2 Å². The van der Waals surface area contributed by atoms with Gasteiger partial charge >= 0.3 is 6.18 Å². The molecule has 0 radical (unpaired) electrons. The normalized spacial score (nSPS) is 11.7. The molecule has 84 valence electrons. The van der Waals surface area contributed by atoms with E-state index in [1.54, 1.807) is 0 Å². The smallest absolute Gasteiger partial charge is 0.416 e. The molecule has 0 aliphatic rings. The number of aromatic nitrogens is 2. The summed E-state index contributed by atoms with van der Waals surface area (Å²) in [5.74, 6) is -0.239. The molecule has 0 bridgehead atoms. The highest BCUT2D eigenvalue weighted by atomic mass is 19.4. The van der Waals surface area contributed by atoms with E-state index in [-0.39, 0.29) is 11.6 Å². The minimum atomic E-state index is -4.38. The molecule has 0 spiro atoms. The SMILES string of the molecule is Oc1ccn(-c2cccc(C(F)(F)F)c2)n1. The van der Waals surface area contributed by atoms with Crippen molar-refractivity contribution < 1.29 is 18.3 Å². The summed E-state index contributed by atoms with van der Waals surface area (Å²) in [4.78, 5) is 0. The Labute approximate surface area is 88.8 Å². The zero-order valence-electron chi connectivity index (χ0n) is 7.94. The van der Waals surface area contributed by atoms with E-state index in [2.05, 4.69) is 5.10 Å². The van der Waals surface area contributed by atoms with Gasteiger partial charge in [-0.15, -0.1) is 5.10 Å². The van der Waals surface area contributed by atoms with Crippen LogP contribution in [-0.2, 0) is 6.18 Å². The lowest BCUT2D eigenvalue weighted by Crippen LogP contribution is -2.06. The van der Waals surface area contributed by atoms with Gasteiger partial charge in [-0.3, -0.25) is 0 Å². The van der Waals surface area contributed by atoms with Gasteiger partial charge in [0, 0.05) is 12.3 Å². The molecule has 1 aromatic heterocycles. The maximum Gasteiger partial charge on any atom is 0.416 e. The third-order valence-corrected chi connectivity index (χ3v) is 2.01. The third kappa shape index (κ3) is 2.00. The van der Waals surface area contributed by atoms with Gasteiger partial charge in [-0.1, -0.05) is 6.07 Å². The summed E-state index contributed by atoms with van der Waals surface area (Å²) in [6.45, 7) is 0. The van der Waals surface area contributed by atoms with E-state index in [4.69, 9.17) is 5.11 Å². The van der Waals surface area contributed by atoms with Gasteiger partial charge in [-0.25, -0.2) is 4.68 Å². The van der Waals surface area contributed by atoms with Crippen LogP contribution in [-0.4, -0.2) is 14.9 Å². The first-order valence-corrected chi connectivity index (χ1v) is 4.39. The molecule has 16 heavy (non-hydrogen) atoms. The molecule has 1 heterocycles. The van der Waals surface area contributed by atoms with Crippen molar-refractivity contribution in [3.05, 3.63) is 42.1 Å². The van der Waals surface area contributed by atoms with Gasteiger partial charge in [0.15, 0.2) is 0 Å². The number of alkyl halides is 3. The van der Waals surface area contributed by atoms with Crippen LogP contribution in [0.5, 0.6) is 5.88 Å². The topological polar surface area (TPSA) is 38.0 Å². The Hall–Kier alpha value is -1.98. The molecule has 3 nitrogen and oxygen atoms in total. The number of hydrogen-bond donors (Lipinski definition) is 1. The van der Waals surface area contributed by atoms with Crippen molar-refractivity contribution in [1.29, 1.82) is 0 Å². The van der Waals surface area contributed by atoms with Crippen molar-refractivity contribution in [3.63, 3.8) is 0 Å². The van der Waals surface area contributed by atoms with Crippen molar-refractivity contribution in [2.75, 3.05) is 0 Å². The molecular weight excluding hydrogens is 221 g/mol. The average Bonchev–Trinajstić information content (AvgIpc) is 2.64. The molecule has 0 saturated heterocycles. The first-order valence-electron chi connectivity index (χ1n) is 4.39. The van der Waals surface area contributed by atoms with Crippen LogP contribution in [0.25, 0.3) is 5.69 Å². The molecule has 6 heteroatoms. The zero-order valence-corrected chi connectivity index (χ0v) is 7.94. The number of hydrogen-bond acceptors (Lipinski definition) is 2. The lowest BCUT2D eigenvalue weighted by Gasteiger charge is -2.08. The van der Waals surface area contributed by atoms with E-state index in [0.29, 0.717) is 0 Å². The quantitative estimate of drug-likeness (QED) is 0.814. The fourth-order valence-electron chi connectivity index (χ4n) is 1.28. The van der Waals surface area contributed by atoms with Crippen LogP contribution in [0.3, 0.4) is 0 Å². The van der Waals surface area contributed by atoms with Crippen molar-refractivity contribution in [1.82, 2.24) is 9.78 Å². The maximum absolute atomic E-state index is 12.4. The summed E-state index contributed by atoms with van der Waals surface area (Å²) in [7, 11) is 0. The van der Waals surface area contributed by atoms with Gasteiger partial charge in [0.2, 0.25) is 5.88 Å². The molecule has 2 aromatic rings. The molecule has 1 N–H and O–H groups in total. The van der Waals surface area contributed by atoms with E-state index in [1.807, 2.05) is 0 Å². The number of nitrogens with zero attached hydrogens (tertiary/aromatic N) is 2. The molecule has 1 aromatic carbocycles. The van der Waals surface area contributed by atoms with Crippen LogP contribution >= 0.6 is 0 Å². The monoisotopic (exact) mass is 228 g/mol. The Morgan fingerprint density at radius 3 is 2.50 bits per heavy atom. The van der Waals surface area contributed by atoms with Crippen LogP contribution in [0.1, 0.15) is 5.56 Å². The van der Waals surface area contributed by atoms with E-state index in [1.165, 1.54) is 29.1 Å². The molecule has 0 unspecified atom stereocenters. The highest BCUT2D eigenvalue weighted by molar-refractivity contribution is 5.36. The minimum Gasteiger partial charge on any atom is -0.492 e. The molecular formula is C10H7F3N2O. The lowest BCUT2D eigenvalue weighted by atomic mass is 10.2. The first kappa shape index (κ1) is 10.5. The standard InChI is InChI=1S/C10H7F3N2O/c11-10(12,13)7-2-1-3-8(6-7)15-5-4-9(16)14-15/h1-6H,(H,14,16). The molecule has 0 amide bonds. The van der Waals surface area contributed by atoms with E-state index < -0.39 is 11.7 Å². The van der Waals surface area contributed by atoms with Crippen molar-refractivity contribution in [2.24, 2.45) is 0 Å². The first-order chi connectivity index (χ1) is 7.47. The van der Waals surface area contributed by atoms with Crippen molar-refractivity contribution in [3.8, 4) is 11.6 Å². The Morgan fingerprint density at radius 1 is 1.19 bits per heavy atom. The zero-order chi connectivity index (χ0) is 11.8. The van der Waals surface area contributed by atoms with Crippen LogP contribution in [0.15, 0.2) is 36.5 Å². The number of halogens is 3. The molecule has 0 fully saturated rings. The van der Waals surface area contributed by atoms with Crippen LogP contribution in [0, 0.1) is 0 Å². The summed E-state index contributed by atoms with van der Waals surface area (Å²) in [5, 5.41) is 12.6. The van der Waals surface area contributed by atoms with Crippen molar-refractivity contribution in [2.45, 2.75) is 6.18 Å². The van der Waals surface area contributed by atoms with Gasteiger partial charge in [0.1, 0.15) is 0 Å². The van der Waals surface area contributed by atoms with Gasteiger partial charge in [0.05, 0.1) is 11.3 Å². The Balaban J connectivity index is 2.44. The molecule has 0 atom stereocenters. The molecule has 0 aliphatic carbocycles. The van der Waals surface area contributed by atoms with Crippen molar-refractivity contribution >= 4 is 0 Å². The summed E-state index contributed by atoms with van der Waals surface area (Å²) in [6.07, 6.45) is -3.00. The van der Waals surface area contributed by atoms with Gasteiger partial charge < -0.3 is 5.11 Å². The number of aromatic hydroxyl groups is 1. The molecule has 0 aliphatic heterocycles. The summed E-state index contributed by atoms with van der Waals surface area (Å²) >= 11 is 0. The fourth-order valence-corrected chi connectivity index (χ4v) is 1.28. The van der Waals surface area contributed by atoms with Crippen LogP contribution in [0.2, 0.25) is 0 Å². The summed E-state index contributed by atoms with van der Waals surface area (Å²) < 4.78 is 38.4. The fraction of sp³-hybridized carbons (Fsp3) is 0.100. The highest BCUT2D eigenvalue weighted by Gasteiger charge is 2.30. The molecule has 0 saturated carbocycles. The Morgan fingerprint density at radius 2 is 1.94 bits per heavy atom. The highest BCUT2D eigenvalue weighted by Crippen LogP contribution is 2.30. The van der Waals surface area contributed by atoms with Gasteiger partial charge in [0.25, 0.3) is 0 Å². The Bertz CT molecular complexity index is 505. The average molecular weight is 228 g/mol. The second-order valence-corrected chi connectivity index (χ2v) is 3.17. The Kier molecular flexibility index (Phi) is 2.34. The predicted octanol–water partition coefficient (Wildman–Crippen LogP) is 2.60. The second kappa shape index (κ2) is 3.55. The maximum atomic E-state index is 12.4. The van der Waals surface area contributed by atoms with Gasteiger partial charge in [-0.2, -0.15) is 13.2 Å². The molecule has 2 rings (SSSR count). The number of rotatable bonds is 1. The summed E-state index contributed by atoms with van der Waals surface area (Å²) in [6, 6.07) is 6.00. The lowest BCUT2D eigenvalue weighted by molar-refractivity contribution is -0.137. The second-order valence-electron chi connectivity index (χ2n) is 3.17.